The van der Waals surface area contributed by atoms with E-state index in [9.17, 15) is 4.79 Å². The molecule has 0 saturated carbocycles. The summed E-state index contributed by atoms with van der Waals surface area (Å²) >= 11 is 10.7. The topological polar surface area (TPSA) is 32.3 Å². The van der Waals surface area contributed by atoms with Crippen molar-refractivity contribution in [2.45, 2.75) is 17.7 Å². The highest BCUT2D eigenvalue weighted by molar-refractivity contribution is 9.10. The maximum atomic E-state index is 11.1. The molecule has 1 heterocycles. The average Bonchev–Trinajstić information content (AvgIpc) is 2.48. The molecule has 0 atom stereocenters. The smallest absolute Gasteiger partial charge is 0.234 e. The number of amides is 1. The molecule has 0 radical (unpaired) electrons. The molecule has 1 aliphatic heterocycles. The monoisotopic (exact) mass is 376 g/mol. The standard InChI is InChI=1S/C14H18BrClN2OS/c15-12-1-3-13(4-2-12)20-18-7-5-11(6-8-18)10-17-14(19)9-16/h1-4,11H,5-10H2,(H,17,19). The summed E-state index contributed by atoms with van der Waals surface area (Å²) in [4.78, 5) is 12.4. The van der Waals surface area contributed by atoms with E-state index in [1.54, 1.807) is 0 Å². The van der Waals surface area contributed by atoms with E-state index in [0.717, 1.165) is 36.9 Å². The van der Waals surface area contributed by atoms with Gasteiger partial charge in [-0.25, -0.2) is 4.31 Å². The Balaban J connectivity index is 1.71. The molecule has 1 aromatic rings. The highest BCUT2D eigenvalue weighted by Crippen LogP contribution is 2.28. The number of piperidine rings is 1. The first kappa shape index (κ1) is 16.1. The van der Waals surface area contributed by atoms with Crippen LogP contribution in [0.2, 0.25) is 0 Å². The summed E-state index contributed by atoms with van der Waals surface area (Å²) in [5.41, 5.74) is 0. The van der Waals surface area contributed by atoms with Gasteiger partial charge < -0.3 is 5.32 Å². The van der Waals surface area contributed by atoms with Gasteiger partial charge in [0.1, 0.15) is 5.88 Å². The Labute approximate surface area is 137 Å². The summed E-state index contributed by atoms with van der Waals surface area (Å²) in [6.45, 7) is 2.87. The van der Waals surface area contributed by atoms with Gasteiger partial charge in [-0.05, 0) is 55.0 Å². The van der Waals surface area contributed by atoms with Gasteiger partial charge in [-0.1, -0.05) is 15.9 Å². The summed E-state index contributed by atoms with van der Waals surface area (Å²) in [5.74, 6) is 0.556. The molecule has 0 bridgehead atoms. The lowest BCUT2D eigenvalue weighted by Gasteiger charge is -2.30. The molecule has 110 valence electrons. The summed E-state index contributed by atoms with van der Waals surface area (Å²) in [5, 5.41) is 2.87. The lowest BCUT2D eigenvalue weighted by molar-refractivity contribution is -0.118. The summed E-state index contributed by atoms with van der Waals surface area (Å²) in [6.07, 6.45) is 2.23. The molecule has 0 aromatic heterocycles. The van der Waals surface area contributed by atoms with Crippen LogP contribution in [0.25, 0.3) is 0 Å². The lowest BCUT2D eigenvalue weighted by atomic mass is 9.98. The van der Waals surface area contributed by atoms with E-state index in [2.05, 4.69) is 49.8 Å². The fourth-order valence-electron chi connectivity index (χ4n) is 2.15. The van der Waals surface area contributed by atoms with Crippen molar-refractivity contribution in [3.05, 3.63) is 28.7 Å². The van der Waals surface area contributed by atoms with Crippen molar-refractivity contribution in [2.75, 3.05) is 25.5 Å². The van der Waals surface area contributed by atoms with E-state index < -0.39 is 0 Å². The minimum absolute atomic E-state index is 0.0538. The van der Waals surface area contributed by atoms with Crippen LogP contribution in [-0.4, -0.2) is 35.7 Å². The van der Waals surface area contributed by atoms with Crippen LogP contribution in [0.4, 0.5) is 0 Å². The maximum absolute atomic E-state index is 11.1. The molecule has 1 saturated heterocycles. The van der Waals surface area contributed by atoms with E-state index in [1.807, 2.05) is 11.9 Å². The molecule has 1 N–H and O–H groups in total. The molecule has 20 heavy (non-hydrogen) atoms. The van der Waals surface area contributed by atoms with Crippen molar-refractivity contribution in [2.24, 2.45) is 5.92 Å². The molecule has 0 aliphatic carbocycles. The predicted molar refractivity (Wildman–Crippen MR) is 88.0 cm³/mol. The molecular formula is C14H18BrClN2OS. The first-order chi connectivity index (χ1) is 9.67. The van der Waals surface area contributed by atoms with Crippen LogP contribution in [-0.2, 0) is 4.79 Å². The van der Waals surface area contributed by atoms with E-state index in [0.29, 0.717) is 5.92 Å². The second-order valence-corrected chi connectivity index (χ2v) is 7.21. The number of hydrogen-bond donors (Lipinski definition) is 1. The van der Waals surface area contributed by atoms with Gasteiger partial charge in [-0.15, -0.1) is 11.6 Å². The van der Waals surface area contributed by atoms with Gasteiger partial charge in [0, 0.05) is 29.0 Å². The first-order valence-corrected chi connectivity index (χ1v) is 8.78. The van der Waals surface area contributed by atoms with Crippen LogP contribution in [0, 0.1) is 5.92 Å². The third-order valence-corrected chi connectivity index (χ3v) is 5.21. The second kappa shape index (κ2) is 8.27. The maximum Gasteiger partial charge on any atom is 0.234 e. The van der Waals surface area contributed by atoms with Crippen molar-refractivity contribution in [3.8, 4) is 0 Å². The van der Waals surface area contributed by atoms with Crippen LogP contribution in [0.5, 0.6) is 0 Å². The lowest BCUT2D eigenvalue weighted by Crippen LogP contribution is -2.36. The van der Waals surface area contributed by atoms with Gasteiger partial charge in [0.05, 0.1) is 0 Å². The molecule has 1 amide bonds. The molecule has 1 aromatic carbocycles. The number of carbonyl (C=O) groups is 1. The fraction of sp³-hybridized carbons (Fsp3) is 0.500. The Hall–Kier alpha value is -0.230. The van der Waals surface area contributed by atoms with Crippen molar-refractivity contribution < 1.29 is 4.79 Å². The Morgan fingerprint density at radius 1 is 1.35 bits per heavy atom. The van der Waals surface area contributed by atoms with Gasteiger partial charge in [-0.2, -0.15) is 0 Å². The van der Waals surface area contributed by atoms with E-state index in [-0.39, 0.29) is 11.8 Å². The molecule has 1 fully saturated rings. The summed E-state index contributed by atoms with van der Waals surface area (Å²) in [6, 6.07) is 8.39. The minimum atomic E-state index is -0.0710. The molecule has 0 unspecified atom stereocenters. The third-order valence-electron chi connectivity index (χ3n) is 3.33. The third kappa shape index (κ3) is 5.28. The van der Waals surface area contributed by atoms with Crippen molar-refractivity contribution in [1.82, 2.24) is 9.62 Å². The van der Waals surface area contributed by atoms with Crippen molar-refractivity contribution >= 4 is 45.4 Å². The number of hydrogen-bond acceptors (Lipinski definition) is 3. The van der Waals surface area contributed by atoms with Crippen LogP contribution in [0.3, 0.4) is 0 Å². The van der Waals surface area contributed by atoms with Crippen LogP contribution < -0.4 is 5.32 Å². The highest BCUT2D eigenvalue weighted by Gasteiger charge is 2.20. The number of carbonyl (C=O) groups excluding carboxylic acids is 1. The van der Waals surface area contributed by atoms with Crippen molar-refractivity contribution in [1.29, 1.82) is 0 Å². The Bertz CT molecular complexity index is 435. The van der Waals surface area contributed by atoms with Gasteiger partial charge in [0.25, 0.3) is 0 Å². The average molecular weight is 378 g/mol. The number of halogens is 2. The van der Waals surface area contributed by atoms with E-state index in [4.69, 9.17) is 11.6 Å². The van der Waals surface area contributed by atoms with Gasteiger partial charge >= 0.3 is 0 Å². The predicted octanol–water partition coefficient (Wildman–Crippen LogP) is 3.52. The van der Waals surface area contributed by atoms with Gasteiger partial charge in [-0.3, -0.25) is 4.79 Å². The summed E-state index contributed by atoms with van der Waals surface area (Å²) in [7, 11) is 0. The molecule has 0 spiro atoms. The number of nitrogens with one attached hydrogen (secondary N) is 1. The van der Waals surface area contributed by atoms with Crippen LogP contribution >= 0.6 is 39.5 Å². The van der Waals surface area contributed by atoms with Gasteiger partial charge in [0.15, 0.2) is 0 Å². The van der Waals surface area contributed by atoms with E-state index in [1.165, 1.54) is 4.90 Å². The normalized spacial score (nSPS) is 17.1. The minimum Gasteiger partial charge on any atom is -0.355 e. The van der Waals surface area contributed by atoms with E-state index >= 15 is 0 Å². The Morgan fingerprint density at radius 3 is 2.60 bits per heavy atom. The van der Waals surface area contributed by atoms with Crippen LogP contribution in [0.1, 0.15) is 12.8 Å². The molecular weight excluding hydrogens is 360 g/mol. The fourth-order valence-corrected chi connectivity index (χ4v) is 3.46. The molecule has 6 heteroatoms. The largest absolute Gasteiger partial charge is 0.355 e. The summed E-state index contributed by atoms with van der Waals surface area (Å²) < 4.78 is 3.50. The van der Waals surface area contributed by atoms with Crippen molar-refractivity contribution in [3.63, 3.8) is 0 Å². The molecule has 2 rings (SSSR count). The number of alkyl halides is 1. The Morgan fingerprint density at radius 2 is 2.00 bits per heavy atom. The molecule has 3 nitrogen and oxygen atoms in total. The quantitative estimate of drug-likeness (QED) is 0.629. The van der Waals surface area contributed by atoms with Gasteiger partial charge in [0.2, 0.25) is 5.91 Å². The second-order valence-electron chi connectivity index (χ2n) is 4.86. The number of benzene rings is 1. The number of rotatable bonds is 5. The zero-order valence-electron chi connectivity index (χ0n) is 11.1. The number of nitrogens with zero attached hydrogens (tertiary/aromatic N) is 1. The highest BCUT2D eigenvalue weighted by atomic mass is 79.9. The SMILES string of the molecule is O=C(CCl)NCC1CCN(Sc2ccc(Br)cc2)CC1. The van der Waals surface area contributed by atoms with Crippen LogP contribution in [0.15, 0.2) is 33.6 Å². The Kier molecular flexibility index (Phi) is 6.68. The zero-order chi connectivity index (χ0) is 14.4. The first-order valence-electron chi connectivity index (χ1n) is 6.68. The molecule has 1 aliphatic rings. The zero-order valence-corrected chi connectivity index (χ0v) is 14.3.